The number of carbonyl (C=O) groups excluding carboxylic acids is 2. The van der Waals surface area contributed by atoms with E-state index >= 15 is 0 Å². The van der Waals surface area contributed by atoms with Gasteiger partial charge >= 0.3 is 0 Å². The maximum atomic E-state index is 12.4. The van der Waals surface area contributed by atoms with Crippen LogP contribution in [0.4, 0.5) is 5.69 Å². The van der Waals surface area contributed by atoms with Crippen LogP contribution in [0.15, 0.2) is 48.5 Å². The number of nitrogens with one attached hydrogen (secondary N) is 1. The first-order valence-electron chi connectivity index (χ1n) is 10.0. The van der Waals surface area contributed by atoms with Gasteiger partial charge in [0.15, 0.2) is 0 Å². The summed E-state index contributed by atoms with van der Waals surface area (Å²) in [6.07, 6.45) is -0.215. The van der Waals surface area contributed by atoms with E-state index in [1.165, 1.54) is 0 Å². The standard InChI is InChI=1S/C23H28N2O4S/c1-17(29-16-19-4-3-5-21(14-19)28-2)23(27)24-20-8-6-18(7-9-20)15-22(26)25-10-12-30-13-11-25/h3-9,14,17H,10-13,15-16H2,1-2H3,(H,24,27). The summed E-state index contributed by atoms with van der Waals surface area (Å²) in [6.45, 7) is 3.69. The monoisotopic (exact) mass is 428 g/mol. The molecule has 0 radical (unpaired) electrons. The first-order chi connectivity index (χ1) is 14.5. The van der Waals surface area contributed by atoms with Gasteiger partial charge in [0.1, 0.15) is 11.9 Å². The van der Waals surface area contributed by atoms with Crippen molar-refractivity contribution >= 4 is 29.3 Å². The normalized spacial score (nSPS) is 14.8. The molecule has 2 amide bonds. The maximum Gasteiger partial charge on any atom is 0.253 e. The largest absolute Gasteiger partial charge is 0.497 e. The Labute approximate surface area is 181 Å². The van der Waals surface area contributed by atoms with Crippen molar-refractivity contribution in [3.05, 3.63) is 59.7 Å². The number of anilines is 1. The average Bonchev–Trinajstić information content (AvgIpc) is 2.79. The molecule has 2 aromatic rings. The second-order valence-corrected chi connectivity index (χ2v) is 8.39. The molecule has 1 heterocycles. The fourth-order valence-corrected chi connectivity index (χ4v) is 4.01. The first-order valence-corrected chi connectivity index (χ1v) is 11.2. The lowest BCUT2D eigenvalue weighted by atomic mass is 10.1. The van der Waals surface area contributed by atoms with Crippen LogP contribution in [0.3, 0.4) is 0 Å². The highest BCUT2D eigenvalue weighted by Crippen LogP contribution is 2.16. The Morgan fingerprint density at radius 3 is 2.53 bits per heavy atom. The lowest BCUT2D eigenvalue weighted by Gasteiger charge is -2.26. The molecule has 3 rings (SSSR count). The van der Waals surface area contributed by atoms with Crippen molar-refractivity contribution in [1.82, 2.24) is 4.90 Å². The van der Waals surface area contributed by atoms with Crippen molar-refractivity contribution in [2.75, 3.05) is 37.0 Å². The van der Waals surface area contributed by atoms with Crippen LogP contribution in [-0.4, -0.2) is 54.5 Å². The maximum absolute atomic E-state index is 12.4. The summed E-state index contributed by atoms with van der Waals surface area (Å²) in [5.41, 5.74) is 2.57. The molecule has 1 fully saturated rings. The third-order valence-electron chi connectivity index (χ3n) is 4.94. The van der Waals surface area contributed by atoms with Crippen molar-refractivity contribution in [2.24, 2.45) is 0 Å². The number of carbonyl (C=O) groups is 2. The predicted octanol–water partition coefficient (Wildman–Crippen LogP) is 3.36. The molecule has 30 heavy (non-hydrogen) atoms. The third-order valence-corrected chi connectivity index (χ3v) is 5.89. The van der Waals surface area contributed by atoms with Gasteiger partial charge in [0.05, 0.1) is 20.1 Å². The number of hydrogen-bond donors (Lipinski definition) is 1. The van der Waals surface area contributed by atoms with Gasteiger partial charge in [-0.3, -0.25) is 9.59 Å². The smallest absolute Gasteiger partial charge is 0.253 e. The summed E-state index contributed by atoms with van der Waals surface area (Å²) in [4.78, 5) is 26.7. The Bertz CT molecular complexity index is 851. The van der Waals surface area contributed by atoms with Crippen LogP contribution in [0.25, 0.3) is 0 Å². The Morgan fingerprint density at radius 2 is 1.83 bits per heavy atom. The van der Waals surface area contributed by atoms with Gasteiger partial charge in [-0.1, -0.05) is 24.3 Å². The van der Waals surface area contributed by atoms with Crippen molar-refractivity contribution < 1.29 is 19.1 Å². The van der Waals surface area contributed by atoms with E-state index in [0.717, 1.165) is 41.5 Å². The SMILES string of the molecule is COc1cccc(COC(C)C(=O)Nc2ccc(CC(=O)N3CCSCC3)cc2)c1. The number of methoxy groups -OCH3 is 1. The molecular weight excluding hydrogens is 400 g/mol. The molecule has 0 spiro atoms. The fraction of sp³-hybridized carbons (Fsp3) is 0.391. The molecule has 0 aliphatic carbocycles. The Kier molecular flexibility index (Phi) is 8.16. The van der Waals surface area contributed by atoms with Crippen LogP contribution in [0.1, 0.15) is 18.1 Å². The van der Waals surface area contributed by atoms with E-state index in [1.54, 1.807) is 14.0 Å². The average molecular weight is 429 g/mol. The summed E-state index contributed by atoms with van der Waals surface area (Å²) >= 11 is 1.89. The predicted molar refractivity (Wildman–Crippen MR) is 120 cm³/mol. The van der Waals surface area contributed by atoms with Crippen LogP contribution in [0, 0.1) is 0 Å². The Morgan fingerprint density at radius 1 is 1.10 bits per heavy atom. The second-order valence-electron chi connectivity index (χ2n) is 7.16. The van der Waals surface area contributed by atoms with Gasteiger partial charge in [-0.15, -0.1) is 0 Å². The molecule has 1 atom stereocenters. The Balaban J connectivity index is 1.46. The number of rotatable bonds is 8. The highest BCUT2D eigenvalue weighted by atomic mass is 32.2. The molecular formula is C23H28N2O4S. The van der Waals surface area contributed by atoms with Crippen LogP contribution < -0.4 is 10.1 Å². The van der Waals surface area contributed by atoms with Crippen molar-refractivity contribution in [3.8, 4) is 5.75 Å². The number of nitrogens with zero attached hydrogens (tertiary/aromatic N) is 1. The zero-order chi connectivity index (χ0) is 21.3. The number of ether oxygens (including phenoxy) is 2. The highest BCUT2D eigenvalue weighted by molar-refractivity contribution is 7.99. The highest BCUT2D eigenvalue weighted by Gasteiger charge is 2.17. The second kappa shape index (κ2) is 11.0. The van der Waals surface area contributed by atoms with Gasteiger partial charge in [0.2, 0.25) is 5.91 Å². The van der Waals surface area contributed by atoms with E-state index in [4.69, 9.17) is 9.47 Å². The fourth-order valence-electron chi connectivity index (χ4n) is 3.11. The van der Waals surface area contributed by atoms with E-state index in [2.05, 4.69) is 5.32 Å². The number of thioether (sulfide) groups is 1. The molecule has 2 aromatic carbocycles. The lowest BCUT2D eigenvalue weighted by Crippen LogP contribution is -2.38. The van der Waals surface area contributed by atoms with Crippen molar-refractivity contribution in [1.29, 1.82) is 0 Å². The van der Waals surface area contributed by atoms with E-state index in [9.17, 15) is 9.59 Å². The molecule has 1 saturated heterocycles. The first kappa shape index (κ1) is 22.2. The molecule has 6 nitrogen and oxygen atoms in total. The minimum atomic E-state index is -0.602. The molecule has 1 N–H and O–H groups in total. The molecule has 1 aliphatic rings. The number of hydrogen-bond acceptors (Lipinski definition) is 5. The third kappa shape index (κ3) is 6.50. The van der Waals surface area contributed by atoms with Gasteiger partial charge in [0, 0.05) is 30.3 Å². The van der Waals surface area contributed by atoms with Crippen LogP contribution >= 0.6 is 11.8 Å². The quantitative estimate of drug-likeness (QED) is 0.698. The Hall–Kier alpha value is -2.51. The summed E-state index contributed by atoms with van der Waals surface area (Å²) in [6, 6.07) is 15.0. The number of benzene rings is 2. The molecule has 0 aromatic heterocycles. The van der Waals surface area contributed by atoms with Gasteiger partial charge in [-0.2, -0.15) is 11.8 Å². The van der Waals surface area contributed by atoms with E-state index < -0.39 is 6.10 Å². The summed E-state index contributed by atoms with van der Waals surface area (Å²) in [5, 5.41) is 2.86. The topological polar surface area (TPSA) is 67.9 Å². The summed E-state index contributed by atoms with van der Waals surface area (Å²) in [5.74, 6) is 2.72. The van der Waals surface area contributed by atoms with Crippen molar-refractivity contribution in [2.45, 2.75) is 26.1 Å². The van der Waals surface area contributed by atoms with Crippen molar-refractivity contribution in [3.63, 3.8) is 0 Å². The van der Waals surface area contributed by atoms with Gasteiger partial charge in [-0.05, 0) is 42.3 Å². The molecule has 0 bridgehead atoms. The molecule has 1 aliphatic heterocycles. The van der Waals surface area contributed by atoms with Gasteiger partial charge in [0.25, 0.3) is 5.91 Å². The van der Waals surface area contributed by atoms with E-state index in [-0.39, 0.29) is 11.8 Å². The molecule has 160 valence electrons. The van der Waals surface area contributed by atoms with E-state index in [1.807, 2.05) is 65.2 Å². The lowest BCUT2D eigenvalue weighted by molar-refractivity contribution is -0.130. The molecule has 0 saturated carbocycles. The van der Waals surface area contributed by atoms with Gasteiger partial charge in [-0.25, -0.2) is 0 Å². The zero-order valence-corrected chi connectivity index (χ0v) is 18.2. The van der Waals surface area contributed by atoms with Crippen LogP contribution in [0.5, 0.6) is 5.75 Å². The van der Waals surface area contributed by atoms with Crippen LogP contribution in [0.2, 0.25) is 0 Å². The number of amides is 2. The summed E-state index contributed by atoms with van der Waals surface area (Å²) < 4.78 is 10.9. The molecule has 1 unspecified atom stereocenters. The van der Waals surface area contributed by atoms with Crippen LogP contribution in [-0.2, 0) is 27.4 Å². The van der Waals surface area contributed by atoms with Gasteiger partial charge < -0.3 is 19.7 Å². The minimum absolute atomic E-state index is 0.159. The summed E-state index contributed by atoms with van der Waals surface area (Å²) in [7, 11) is 1.62. The van der Waals surface area contributed by atoms with E-state index in [0.29, 0.717) is 18.7 Å². The zero-order valence-electron chi connectivity index (χ0n) is 17.4. The molecule has 7 heteroatoms. The minimum Gasteiger partial charge on any atom is -0.497 e.